The van der Waals surface area contributed by atoms with Crippen molar-refractivity contribution in [3.63, 3.8) is 0 Å². The number of pyridine rings is 1. The fraction of sp³-hybridized carbons (Fsp3) is 0.148. The Morgan fingerprint density at radius 2 is 1.91 bits per heavy atom. The molecular weight excluding hydrogens is 430 g/mol. The number of anilines is 1. The highest BCUT2D eigenvalue weighted by Gasteiger charge is 2.20. The average Bonchev–Trinajstić information content (AvgIpc) is 3.37. The van der Waals surface area contributed by atoms with Gasteiger partial charge in [-0.05, 0) is 56.7 Å². The quantitative estimate of drug-likeness (QED) is 0.318. The minimum absolute atomic E-state index is 0.0181. The van der Waals surface area contributed by atoms with Crippen molar-refractivity contribution >= 4 is 28.0 Å². The Balaban J connectivity index is 1.64. The molecule has 0 amide bonds. The first kappa shape index (κ1) is 21.1. The van der Waals surface area contributed by atoms with Gasteiger partial charge >= 0.3 is 0 Å². The molecule has 3 aromatic heterocycles. The molecule has 0 aliphatic rings. The van der Waals surface area contributed by atoms with Crippen LogP contribution in [0.1, 0.15) is 29.7 Å². The first-order valence-electron chi connectivity index (χ1n) is 10.8. The van der Waals surface area contributed by atoms with Gasteiger partial charge < -0.3 is 9.73 Å². The van der Waals surface area contributed by atoms with Gasteiger partial charge in [-0.2, -0.15) is 0 Å². The van der Waals surface area contributed by atoms with Gasteiger partial charge in [-0.3, -0.25) is 9.78 Å². The van der Waals surface area contributed by atoms with Gasteiger partial charge in [0, 0.05) is 51.9 Å². The number of hydrogen-bond acceptors (Lipinski definition) is 6. The van der Waals surface area contributed by atoms with Crippen LogP contribution in [0.15, 0.2) is 81.7 Å². The van der Waals surface area contributed by atoms with Gasteiger partial charge in [0.25, 0.3) is 0 Å². The predicted molar refractivity (Wildman–Crippen MR) is 135 cm³/mol. The van der Waals surface area contributed by atoms with Gasteiger partial charge in [0.15, 0.2) is 5.43 Å². The summed E-state index contributed by atoms with van der Waals surface area (Å²) in [6.07, 6.45) is 5.24. The van der Waals surface area contributed by atoms with Gasteiger partial charge in [-0.15, -0.1) is 11.3 Å². The van der Waals surface area contributed by atoms with Crippen molar-refractivity contribution in [1.82, 2.24) is 9.97 Å². The summed E-state index contributed by atoms with van der Waals surface area (Å²) in [5, 5.41) is 7.15. The van der Waals surface area contributed by atoms with Crippen LogP contribution in [-0.4, -0.2) is 9.97 Å². The molecule has 2 aromatic carbocycles. The molecule has 3 heterocycles. The van der Waals surface area contributed by atoms with Crippen LogP contribution in [-0.2, 0) is 0 Å². The van der Waals surface area contributed by atoms with E-state index in [0.717, 1.165) is 32.9 Å². The largest absolute Gasteiger partial charge is 0.455 e. The number of aryl methyl sites for hydroxylation is 1. The van der Waals surface area contributed by atoms with E-state index in [0.29, 0.717) is 22.3 Å². The Kier molecular flexibility index (Phi) is 5.52. The van der Waals surface area contributed by atoms with Crippen LogP contribution < -0.4 is 10.7 Å². The van der Waals surface area contributed by atoms with Crippen LogP contribution in [0, 0.1) is 13.8 Å². The van der Waals surface area contributed by atoms with Gasteiger partial charge in [0.2, 0.25) is 0 Å². The van der Waals surface area contributed by atoms with E-state index in [1.807, 2.05) is 61.8 Å². The van der Waals surface area contributed by atoms with Crippen LogP contribution in [0.4, 0.5) is 5.69 Å². The number of nitrogens with one attached hydrogen (secondary N) is 1. The maximum absolute atomic E-state index is 13.3. The number of hydrogen-bond donors (Lipinski definition) is 1. The van der Waals surface area contributed by atoms with Crippen molar-refractivity contribution in [2.24, 2.45) is 0 Å². The maximum atomic E-state index is 13.3. The Hall–Kier alpha value is -3.77. The van der Waals surface area contributed by atoms with E-state index in [4.69, 9.17) is 4.42 Å². The molecular formula is C27H23N3O2S. The molecule has 0 aliphatic carbocycles. The fourth-order valence-corrected chi connectivity index (χ4v) is 4.80. The van der Waals surface area contributed by atoms with E-state index in [-0.39, 0.29) is 11.5 Å². The fourth-order valence-electron chi connectivity index (χ4n) is 4.12. The Morgan fingerprint density at radius 1 is 1.06 bits per heavy atom. The minimum Gasteiger partial charge on any atom is -0.455 e. The molecule has 5 nitrogen and oxygen atoms in total. The monoisotopic (exact) mass is 453 g/mol. The normalized spacial score (nSPS) is 12.1. The third kappa shape index (κ3) is 3.94. The van der Waals surface area contributed by atoms with E-state index in [1.165, 1.54) is 0 Å². The van der Waals surface area contributed by atoms with Crippen molar-refractivity contribution in [3.8, 4) is 21.9 Å². The molecule has 0 saturated heterocycles. The summed E-state index contributed by atoms with van der Waals surface area (Å²) in [7, 11) is 0. The first-order valence-corrected chi connectivity index (χ1v) is 11.6. The Bertz CT molecular complexity index is 1490. The number of nitrogens with zero attached hydrogens (tertiary/aromatic N) is 2. The maximum Gasteiger partial charge on any atom is 0.196 e. The van der Waals surface area contributed by atoms with E-state index >= 15 is 0 Å². The second-order valence-corrected chi connectivity index (χ2v) is 9.00. The summed E-state index contributed by atoms with van der Waals surface area (Å²) in [5.74, 6) is 0.557. The van der Waals surface area contributed by atoms with E-state index in [2.05, 4.69) is 34.3 Å². The van der Waals surface area contributed by atoms with Gasteiger partial charge in [-0.25, -0.2) is 4.98 Å². The van der Waals surface area contributed by atoms with Gasteiger partial charge in [0.05, 0.1) is 11.4 Å². The number of para-hydroxylation sites is 1. The SMILES string of the molecule is Cc1cc(C(C)Nc2ccccc2-c2nccs2)c2oc(-c3cccnc3)c(C)c(=O)c2c1. The second kappa shape index (κ2) is 8.64. The molecule has 0 saturated carbocycles. The smallest absolute Gasteiger partial charge is 0.196 e. The summed E-state index contributed by atoms with van der Waals surface area (Å²) < 4.78 is 6.42. The molecule has 6 heteroatoms. The Labute approximate surface area is 195 Å². The second-order valence-electron chi connectivity index (χ2n) is 8.11. The van der Waals surface area contributed by atoms with E-state index in [1.54, 1.807) is 23.7 Å². The average molecular weight is 454 g/mol. The number of rotatable bonds is 5. The van der Waals surface area contributed by atoms with Crippen LogP contribution in [0.25, 0.3) is 32.9 Å². The molecule has 5 aromatic rings. The van der Waals surface area contributed by atoms with Crippen molar-refractivity contribution < 1.29 is 4.42 Å². The third-order valence-electron chi connectivity index (χ3n) is 5.74. The van der Waals surface area contributed by atoms with Crippen molar-refractivity contribution in [2.45, 2.75) is 26.8 Å². The van der Waals surface area contributed by atoms with Crippen LogP contribution >= 0.6 is 11.3 Å². The zero-order chi connectivity index (χ0) is 22.9. The summed E-state index contributed by atoms with van der Waals surface area (Å²) in [5.41, 5.74) is 5.93. The molecule has 1 N–H and O–H groups in total. The molecule has 1 unspecified atom stereocenters. The summed E-state index contributed by atoms with van der Waals surface area (Å²) in [6, 6.07) is 15.7. The lowest BCUT2D eigenvalue weighted by molar-refractivity contribution is 0.605. The number of thiazole rings is 1. The molecule has 0 spiro atoms. The molecule has 0 bridgehead atoms. The molecule has 33 heavy (non-hydrogen) atoms. The van der Waals surface area contributed by atoms with Crippen molar-refractivity contribution in [3.05, 3.63) is 99.4 Å². The zero-order valence-electron chi connectivity index (χ0n) is 18.6. The molecule has 0 radical (unpaired) electrons. The van der Waals surface area contributed by atoms with E-state index < -0.39 is 0 Å². The van der Waals surface area contributed by atoms with Gasteiger partial charge in [0.1, 0.15) is 16.4 Å². The van der Waals surface area contributed by atoms with Crippen molar-refractivity contribution in [2.75, 3.05) is 5.32 Å². The third-order valence-corrected chi connectivity index (χ3v) is 6.55. The minimum atomic E-state index is -0.110. The van der Waals surface area contributed by atoms with Crippen LogP contribution in [0.3, 0.4) is 0 Å². The standard InChI is InChI=1S/C27H23N3O2S/c1-16-13-21(18(3)30-23-9-5-4-8-20(23)27-29-11-12-33-27)26-22(14-16)24(31)17(2)25(32-26)19-7-6-10-28-15-19/h4-15,18,30H,1-3H3. The summed E-state index contributed by atoms with van der Waals surface area (Å²) in [4.78, 5) is 22.0. The summed E-state index contributed by atoms with van der Waals surface area (Å²) >= 11 is 1.60. The highest BCUT2D eigenvalue weighted by molar-refractivity contribution is 7.13. The highest BCUT2D eigenvalue weighted by atomic mass is 32.1. The molecule has 0 fully saturated rings. The lowest BCUT2D eigenvalue weighted by Gasteiger charge is -2.20. The van der Waals surface area contributed by atoms with Crippen molar-refractivity contribution in [1.29, 1.82) is 0 Å². The Morgan fingerprint density at radius 3 is 2.67 bits per heavy atom. The zero-order valence-corrected chi connectivity index (χ0v) is 19.4. The van der Waals surface area contributed by atoms with E-state index in [9.17, 15) is 4.79 Å². The van der Waals surface area contributed by atoms with Crippen LogP contribution in [0.2, 0.25) is 0 Å². The molecule has 0 aliphatic heterocycles. The lowest BCUT2D eigenvalue weighted by Crippen LogP contribution is -2.12. The van der Waals surface area contributed by atoms with Gasteiger partial charge in [-0.1, -0.05) is 18.2 Å². The lowest BCUT2D eigenvalue weighted by atomic mass is 9.99. The molecule has 164 valence electrons. The molecule has 5 rings (SSSR count). The number of aromatic nitrogens is 2. The number of benzene rings is 2. The predicted octanol–water partition coefficient (Wildman–Crippen LogP) is 6.77. The highest BCUT2D eigenvalue weighted by Crippen LogP contribution is 2.35. The molecule has 1 atom stereocenters. The topological polar surface area (TPSA) is 68.0 Å². The summed E-state index contributed by atoms with van der Waals surface area (Å²) in [6.45, 7) is 5.89. The van der Waals surface area contributed by atoms with Crippen LogP contribution in [0.5, 0.6) is 0 Å². The number of fused-ring (bicyclic) bond motifs is 1. The first-order chi connectivity index (χ1) is 16.0.